The predicted molar refractivity (Wildman–Crippen MR) is 377 cm³/mol. The van der Waals surface area contributed by atoms with Gasteiger partial charge in [-0.25, -0.2) is 19.2 Å². The second-order valence-corrected chi connectivity index (χ2v) is 25.6. The summed E-state index contributed by atoms with van der Waals surface area (Å²) in [5, 5.41) is 60.8. The molecule has 0 spiro atoms. The third kappa shape index (κ3) is 23.8. The van der Waals surface area contributed by atoms with E-state index in [0.717, 1.165) is 124 Å². The quantitative estimate of drug-likeness (QED) is 0.0145. The molecule has 0 saturated carbocycles. The number of carbonyl (C=O) groups is 4. The van der Waals surface area contributed by atoms with Gasteiger partial charge in [-0.1, -0.05) is 77.6 Å². The van der Waals surface area contributed by atoms with E-state index in [0.29, 0.717) is 58.1 Å². The monoisotopic (exact) mass is 1460 g/mol. The third-order valence-electron chi connectivity index (χ3n) is 16.9. The Morgan fingerprint density at radius 3 is 1.42 bits per heavy atom. The van der Waals surface area contributed by atoms with Crippen molar-refractivity contribution in [3.8, 4) is 34.0 Å². The maximum absolute atomic E-state index is 12.6. The molecular formula is C64H81Cl6N17O10. The van der Waals surface area contributed by atoms with Crippen molar-refractivity contribution < 1.29 is 38.5 Å². The van der Waals surface area contributed by atoms with E-state index in [4.69, 9.17) is 73.9 Å². The number of piperidine rings is 2. The number of aromatic amines is 2. The molecule has 6 aliphatic rings. The van der Waals surface area contributed by atoms with Gasteiger partial charge < -0.3 is 61.4 Å². The lowest BCUT2D eigenvalue weighted by atomic mass is 9.93. The van der Waals surface area contributed by atoms with E-state index in [1.54, 1.807) is 17.0 Å². The number of benzene rings is 4. The Balaban J connectivity index is 0.000000181. The summed E-state index contributed by atoms with van der Waals surface area (Å²) >= 11 is 34.4. The van der Waals surface area contributed by atoms with Gasteiger partial charge in [-0.05, 0) is 139 Å². The zero-order valence-electron chi connectivity index (χ0n) is 53.8. The molecule has 97 heavy (non-hydrogen) atoms. The second-order valence-electron chi connectivity index (χ2n) is 23.8. The number of likely N-dealkylation sites (N-methyl/N-ethyl adjacent to an activating group) is 1. The summed E-state index contributed by atoms with van der Waals surface area (Å²) in [6, 6.07) is 25.9. The highest BCUT2D eigenvalue weighted by molar-refractivity contribution is 6.61. The van der Waals surface area contributed by atoms with Gasteiger partial charge >= 0.3 is 23.6 Å². The average molecular weight is 1460 g/mol. The molecule has 10 N–H and O–H groups in total. The SMILES string of the molecule is CCl.CN1CC[C@H](NC(=O)Oc2ccc([N+](=O)[O-])cc2)C1.C[C@H]1CCNC1.N=C(N)N1CC[C@H](NC(=O)N2CCC(c3cc(-c4cccc(Cl)c4Cl)n[nH]3)CC2)C1.O=C(Cl)Oc1ccc([N+](=O)[O-])cc1.O=C(N[C@H]1CCNC1)N1CCC(c2cc(-c3cccc(Cl)c3Cl)n[nH]2)CC1. The fraction of sp³-hybridized carbons (Fsp3) is 0.453. The molecule has 6 saturated heterocycles. The van der Waals surface area contributed by atoms with Gasteiger partial charge in [0.05, 0.1) is 41.3 Å². The molecule has 6 aromatic rings. The molecule has 0 aliphatic carbocycles. The molecule has 6 fully saturated rings. The number of urea groups is 2. The lowest BCUT2D eigenvalue weighted by molar-refractivity contribution is -0.385. The number of guanidine groups is 1. The maximum Gasteiger partial charge on any atom is 0.412 e. The molecule has 12 rings (SSSR count). The fourth-order valence-electron chi connectivity index (χ4n) is 11.5. The number of H-pyrrole nitrogens is 2. The number of nitrogens with two attached hydrogens (primary N) is 1. The zero-order chi connectivity index (χ0) is 70.1. The van der Waals surface area contributed by atoms with Gasteiger partial charge in [0.1, 0.15) is 11.5 Å². The summed E-state index contributed by atoms with van der Waals surface area (Å²) in [6.07, 6.45) is 8.59. The summed E-state index contributed by atoms with van der Waals surface area (Å²) in [4.78, 5) is 74.1. The van der Waals surface area contributed by atoms with Crippen molar-refractivity contribution >= 4 is 111 Å². The number of non-ortho nitro benzene ring substituents is 2. The number of hydrogen-bond donors (Lipinski definition) is 9. The van der Waals surface area contributed by atoms with Crippen LogP contribution in [-0.2, 0) is 0 Å². The molecular weight excluding hydrogens is 1380 g/mol. The number of likely N-dealkylation sites (tertiary alicyclic amines) is 4. The topological polar surface area (TPSA) is 353 Å². The molecule has 0 unspecified atom stereocenters. The van der Waals surface area contributed by atoms with Crippen molar-refractivity contribution in [1.29, 1.82) is 5.41 Å². The average Bonchev–Trinajstić information content (AvgIpc) is 1.74. The van der Waals surface area contributed by atoms with Crippen molar-refractivity contribution in [1.82, 2.24) is 66.6 Å². The lowest BCUT2D eigenvalue weighted by Crippen LogP contribution is -2.48. The van der Waals surface area contributed by atoms with Crippen molar-refractivity contribution in [2.75, 3.05) is 92.0 Å². The molecule has 6 aliphatic heterocycles. The van der Waals surface area contributed by atoms with Crippen LogP contribution in [0.4, 0.5) is 30.6 Å². The van der Waals surface area contributed by atoms with Gasteiger partial charge in [-0.3, -0.25) is 35.8 Å². The largest absolute Gasteiger partial charge is 0.414 e. The van der Waals surface area contributed by atoms with Crippen molar-refractivity contribution in [2.45, 2.75) is 88.3 Å². The number of amides is 5. The normalized spacial score (nSPS) is 19.1. The summed E-state index contributed by atoms with van der Waals surface area (Å²) in [5.41, 5.74) is 9.77. The van der Waals surface area contributed by atoms with E-state index in [1.165, 1.54) is 74.4 Å². The minimum atomic E-state index is -0.978. The van der Waals surface area contributed by atoms with E-state index in [1.807, 2.05) is 53.2 Å². The maximum atomic E-state index is 12.6. The molecule has 0 radical (unpaired) electrons. The second kappa shape index (κ2) is 38.4. The highest BCUT2D eigenvalue weighted by atomic mass is 35.5. The first-order valence-electron chi connectivity index (χ1n) is 31.6. The Morgan fingerprint density at radius 2 is 1.03 bits per heavy atom. The fourth-order valence-corrected chi connectivity index (χ4v) is 12.4. The number of aromatic nitrogens is 4. The third-order valence-corrected chi connectivity index (χ3v) is 18.6. The number of nitro groups is 2. The zero-order valence-corrected chi connectivity index (χ0v) is 58.4. The van der Waals surface area contributed by atoms with Crippen molar-refractivity contribution in [2.24, 2.45) is 11.7 Å². The molecule has 2 aromatic heterocycles. The van der Waals surface area contributed by atoms with Gasteiger partial charge in [0.2, 0.25) is 0 Å². The Morgan fingerprint density at radius 1 is 0.588 bits per heavy atom. The van der Waals surface area contributed by atoms with Crippen LogP contribution in [0.15, 0.2) is 97.1 Å². The van der Waals surface area contributed by atoms with Crippen LogP contribution in [0.1, 0.15) is 81.5 Å². The van der Waals surface area contributed by atoms with Gasteiger partial charge in [0.25, 0.3) is 11.4 Å². The number of halogens is 6. The van der Waals surface area contributed by atoms with E-state index in [9.17, 15) is 39.4 Å². The minimum Gasteiger partial charge on any atom is -0.414 e. The number of rotatable bonds is 11. The van der Waals surface area contributed by atoms with Crippen LogP contribution >= 0.6 is 69.6 Å². The number of nitrogens with zero attached hydrogens (tertiary/aromatic N) is 8. The first-order chi connectivity index (χ1) is 46.6. The van der Waals surface area contributed by atoms with Crippen LogP contribution in [0.5, 0.6) is 11.5 Å². The summed E-state index contributed by atoms with van der Waals surface area (Å²) in [7, 11) is 1.99. The minimum absolute atomic E-state index is 0.0369. The number of nitrogens with one attached hydrogen (secondary N) is 8. The predicted octanol–water partition coefficient (Wildman–Crippen LogP) is 12.1. The first kappa shape index (κ1) is 76.6. The van der Waals surface area contributed by atoms with Gasteiger partial charge in [0.15, 0.2) is 5.96 Å². The van der Waals surface area contributed by atoms with Crippen molar-refractivity contribution in [3.63, 3.8) is 0 Å². The van der Waals surface area contributed by atoms with Gasteiger partial charge in [-0.15, -0.1) is 11.6 Å². The first-order valence-corrected chi connectivity index (χ1v) is 34.2. The molecule has 524 valence electrons. The smallest absolute Gasteiger partial charge is 0.412 e. The molecule has 8 heterocycles. The van der Waals surface area contributed by atoms with Crippen LogP contribution in [0, 0.1) is 31.6 Å². The van der Waals surface area contributed by atoms with Crippen LogP contribution in [0.25, 0.3) is 22.5 Å². The molecule has 4 atom stereocenters. The van der Waals surface area contributed by atoms with Crippen LogP contribution < -0.4 is 41.8 Å². The molecule has 27 nitrogen and oxygen atoms in total. The number of alkyl halides is 1. The summed E-state index contributed by atoms with van der Waals surface area (Å²) in [6.45, 7) is 12.5. The van der Waals surface area contributed by atoms with Gasteiger partial charge in [0, 0.05) is 147 Å². The van der Waals surface area contributed by atoms with E-state index in [2.05, 4.69) is 75.1 Å². The van der Waals surface area contributed by atoms with Crippen LogP contribution in [-0.4, -0.2) is 189 Å². The molecule has 4 aromatic carbocycles. The van der Waals surface area contributed by atoms with Crippen LogP contribution in [0.3, 0.4) is 0 Å². The number of nitro benzene ring substituents is 2. The number of ether oxygens (including phenoxy) is 2. The van der Waals surface area contributed by atoms with E-state index < -0.39 is 21.4 Å². The van der Waals surface area contributed by atoms with Gasteiger partial charge in [-0.2, -0.15) is 10.2 Å². The Hall–Kier alpha value is -7.73. The standard InChI is InChI=1S/C20H25Cl2N7O.C19H23Cl2N5O.C12H15N3O4.C7H4ClNO4.C5H11N.CH3Cl/c21-15-3-1-2-14(18(15)22)17-10-16(26-27-17)12-4-7-28(8-5-12)20(30)25-13-6-9-29(11-13)19(23)24;20-15-3-1-2-14(18(15)21)17-10-16(24-25-17)12-5-8-26(9-6-12)19(27)23-13-4-7-22-11-13;1-14-7-6-9(8-14)13-12(16)19-11-4-2-10(3-5-11)15(17)18;8-7(10)13-6-3-1-5(2-4-6)9(11)12;1-5-2-3-6-4-5;1-2/h1-3,10,12-13H,4-9,11H2,(H3,23,24)(H,25,30)(H,26,27);1-3,10,12-13,22H,4-9,11H2,(H,23,27)(H,24,25);2-5,9H,6-8H2,1H3,(H,13,16);1-4H;5-6H,2-4H2,1H3;1H3/t2*13-;9-;;5-;/m000.0./s1. The number of hydrogen-bond acceptors (Lipinski definition) is 16. The molecule has 33 heteroatoms. The molecule has 5 amide bonds. The van der Waals surface area contributed by atoms with Crippen molar-refractivity contribution in [3.05, 3.63) is 149 Å². The Labute approximate surface area is 592 Å². The highest BCUT2D eigenvalue weighted by Gasteiger charge is 2.31. The Bertz CT molecular complexity index is 3570. The number of carbonyl (C=O) groups excluding carboxylic acids is 4. The Kier molecular flexibility index (Phi) is 30.4. The van der Waals surface area contributed by atoms with E-state index >= 15 is 0 Å². The van der Waals surface area contributed by atoms with E-state index in [-0.39, 0.29) is 59.0 Å². The summed E-state index contributed by atoms with van der Waals surface area (Å²) < 4.78 is 9.51. The van der Waals surface area contributed by atoms with Crippen LogP contribution in [0.2, 0.25) is 20.1 Å². The highest BCUT2D eigenvalue weighted by Crippen LogP contribution is 2.37. The summed E-state index contributed by atoms with van der Waals surface area (Å²) in [5.74, 6) is 2.13. The molecule has 0 bridgehead atoms. The lowest BCUT2D eigenvalue weighted by Gasteiger charge is -2.32.